The van der Waals surface area contributed by atoms with Gasteiger partial charge in [-0.05, 0) is 51.7 Å². The Morgan fingerprint density at radius 2 is 1.94 bits per heavy atom. The van der Waals surface area contributed by atoms with Crippen LogP contribution in [0.2, 0.25) is 0 Å². The third-order valence-electron chi connectivity index (χ3n) is 7.15. The predicted octanol–water partition coefficient (Wildman–Crippen LogP) is 2.78. The van der Waals surface area contributed by atoms with Crippen molar-refractivity contribution < 1.29 is 9.59 Å². The van der Waals surface area contributed by atoms with Crippen LogP contribution >= 0.6 is 0 Å². The van der Waals surface area contributed by atoms with Crippen LogP contribution in [-0.4, -0.2) is 69.4 Å². The molecule has 2 aliphatic heterocycles. The number of nitrogens with zero attached hydrogens (tertiary/aromatic N) is 6. The Balaban J connectivity index is 1.29. The molecule has 2 fully saturated rings. The van der Waals surface area contributed by atoms with E-state index in [9.17, 15) is 9.59 Å². The number of piperidine rings is 1. The summed E-state index contributed by atoms with van der Waals surface area (Å²) < 4.78 is 1.95. The molecule has 0 aliphatic carbocycles. The molecular weight excluding hydrogens is 442 g/mol. The van der Waals surface area contributed by atoms with Crippen molar-refractivity contribution in [1.82, 2.24) is 30.2 Å². The lowest BCUT2D eigenvalue weighted by atomic mass is 9.97. The van der Waals surface area contributed by atoms with Crippen molar-refractivity contribution in [3.05, 3.63) is 41.7 Å². The maximum absolute atomic E-state index is 12.9. The van der Waals surface area contributed by atoms with Gasteiger partial charge in [0, 0.05) is 39.1 Å². The predicted molar refractivity (Wildman–Crippen MR) is 135 cm³/mol. The fourth-order valence-electron chi connectivity index (χ4n) is 5.30. The van der Waals surface area contributed by atoms with Gasteiger partial charge in [-0.15, -0.1) is 5.10 Å². The second-order valence-corrected chi connectivity index (χ2v) is 9.58. The highest BCUT2D eigenvalue weighted by Crippen LogP contribution is 2.31. The van der Waals surface area contributed by atoms with Crippen LogP contribution in [0.5, 0.6) is 0 Å². The number of carbonyl (C=O) groups is 2. The monoisotopic (exact) mass is 475 g/mol. The molecule has 1 N–H and O–H groups in total. The molecule has 1 atom stereocenters. The second-order valence-electron chi connectivity index (χ2n) is 9.58. The molecule has 0 spiro atoms. The lowest BCUT2D eigenvalue weighted by Crippen LogP contribution is -2.44. The zero-order valence-corrected chi connectivity index (χ0v) is 20.5. The van der Waals surface area contributed by atoms with Gasteiger partial charge in [0.05, 0.1) is 28.4 Å². The van der Waals surface area contributed by atoms with E-state index < -0.39 is 0 Å². The minimum Gasteiger partial charge on any atom is -0.356 e. The molecule has 2 saturated heterocycles. The Morgan fingerprint density at radius 1 is 1.11 bits per heavy atom. The standard InChI is InChI=1S/C26H33N7O2/c1-18-23-19(2)33(21-10-4-3-5-11-21)30-24(23)25(29-28-18)32-15-6-9-20(17-32)26(35)27-13-8-16-31-14-7-12-22(31)34/h3-5,10-11,20H,6-9,12-17H2,1-2H3,(H,27,35)/t20-/m0/s1. The van der Waals surface area contributed by atoms with E-state index in [0.717, 1.165) is 79.1 Å². The first-order valence-electron chi connectivity index (χ1n) is 12.6. The van der Waals surface area contributed by atoms with Crippen LogP contribution in [0, 0.1) is 19.8 Å². The third-order valence-corrected chi connectivity index (χ3v) is 7.15. The van der Waals surface area contributed by atoms with E-state index in [1.807, 2.05) is 46.8 Å². The van der Waals surface area contributed by atoms with Gasteiger partial charge in [-0.25, -0.2) is 4.68 Å². The first-order valence-corrected chi connectivity index (χ1v) is 12.6. The average Bonchev–Trinajstić information content (AvgIpc) is 3.45. The topological polar surface area (TPSA) is 96.2 Å². The first-order chi connectivity index (χ1) is 17.0. The molecule has 2 aromatic heterocycles. The molecule has 1 aromatic carbocycles. The van der Waals surface area contributed by atoms with E-state index in [-0.39, 0.29) is 17.7 Å². The summed E-state index contributed by atoms with van der Waals surface area (Å²) in [6.07, 6.45) is 4.15. The first kappa shape index (κ1) is 23.3. The molecule has 2 aliphatic rings. The Hall–Kier alpha value is -3.49. The number of aromatic nitrogens is 4. The molecule has 9 nitrogen and oxygen atoms in total. The Kier molecular flexibility index (Phi) is 6.66. The molecule has 0 radical (unpaired) electrons. The summed E-state index contributed by atoms with van der Waals surface area (Å²) in [4.78, 5) is 28.7. The third kappa shape index (κ3) is 4.72. The molecule has 0 bridgehead atoms. The fraction of sp³-hybridized carbons (Fsp3) is 0.500. The number of aryl methyl sites for hydroxylation is 2. The number of hydrogen-bond donors (Lipinski definition) is 1. The maximum atomic E-state index is 12.9. The molecule has 9 heteroatoms. The molecule has 2 amide bonds. The quantitative estimate of drug-likeness (QED) is 0.528. The van der Waals surface area contributed by atoms with Gasteiger partial charge in [-0.2, -0.15) is 10.2 Å². The van der Waals surface area contributed by atoms with Crippen LogP contribution < -0.4 is 10.2 Å². The fourth-order valence-corrected chi connectivity index (χ4v) is 5.30. The SMILES string of the molecule is Cc1nnc(N2CCC[C@H](C(=O)NCCCN3CCCC3=O)C2)c2nn(-c3ccccc3)c(C)c12. The number of fused-ring (bicyclic) bond motifs is 1. The lowest BCUT2D eigenvalue weighted by molar-refractivity contribution is -0.127. The van der Waals surface area contributed by atoms with Gasteiger partial charge < -0.3 is 15.1 Å². The number of rotatable bonds is 7. The number of likely N-dealkylation sites (tertiary alicyclic amines) is 1. The largest absolute Gasteiger partial charge is 0.356 e. The van der Waals surface area contributed by atoms with Crippen LogP contribution in [0.15, 0.2) is 30.3 Å². The summed E-state index contributed by atoms with van der Waals surface area (Å²) in [6.45, 7) is 7.60. The number of nitrogens with one attached hydrogen (secondary N) is 1. The molecule has 4 heterocycles. The zero-order valence-electron chi connectivity index (χ0n) is 20.5. The molecule has 0 unspecified atom stereocenters. The van der Waals surface area contributed by atoms with E-state index >= 15 is 0 Å². The van der Waals surface area contributed by atoms with Gasteiger partial charge >= 0.3 is 0 Å². The zero-order chi connectivity index (χ0) is 24.4. The molecule has 184 valence electrons. The van der Waals surface area contributed by atoms with Gasteiger partial charge in [0.2, 0.25) is 11.8 Å². The average molecular weight is 476 g/mol. The lowest BCUT2D eigenvalue weighted by Gasteiger charge is -2.32. The normalized spacial score (nSPS) is 18.5. The van der Waals surface area contributed by atoms with Crippen molar-refractivity contribution in [3.63, 3.8) is 0 Å². The Morgan fingerprint density at radius 3 is 2.71 bits per heavy atom. The van der Waals surface area contributed by atoms with Crippen molar-refractivity contribution in [2.24, 2.45) is 5.92 Å². The van der Waals surface area contributed by atoms with Gasteiger partial charge in [0.25, 0.3) is 0 Å². The van der Waals surface area contributed by atoms with E-state index in [1.54, 1.807) is 0 Å². The van der Waals surface area contributed by atoms with E-state index in [1.165, 1.54) is 0 Å². The van der Waals surface area contributed by atoms with Crippen molar-refractivity contribution in [2.45, 2.75) is 46.0 Å². The highest BCUT2D eigenvalue weighted by molar-refractivity contribution is 5.92. The van der Waals surface area contributed by atoms with E-state index in [4.69, 9.17) is 5.10 Å². The number of benzene rings is 1. The van der Waals surface area contributed by atoms with Crippen molar-refractivity contribution in [3.8, 4) is 5.69 Å². The minimum absolute atomic E-state index is 0.0739. The summed E-state index contributed by atoms with van der Waals surface area (Å²) in [7, 11) is 0. The molecule has 0 saturated carbocycles. The number of carbonyl (C=O) groups excluding carboxylic acids is 2. The van der Waals surface area contributed by atoms with Crippen molar-refractivity contribution >= 4 is 28.5 Å². The molecule has 5 rings (SSSR count). The molecular formula is C26H33N7O2. The Labute approximate surface area is 205 Å². The van der Waals surface area contributed by atoms with Crippen LogP contribution in [0.3, 0.4) is 0 Å². The van der Waals surface area contributed by atoms with Crippen LogP contribution in [0.1, 0.15) is 43.5 Å². The van der Waals surface area contributed by atoms with Crippen LogP contribution in [0.25, 0.3) is 16.6 Å². The smallest absolute Gasteiger partial charge is 0.224 e. The van der Waals surface area contributed by atoms with Crippen LogP contribution in [0.4, 0.5) is 5.82 Å². The number of hydrogen-bond acceptors (Lipinski definition) is 6. The number of anilines is 1. The summed E-state index contributed by atoms with van der Waals surface area (Å²) in [5, 5.41) is 18.0. The van der Waals surface area contributed by atoms with Gasteiger partial charge in [0.15, 0.2) is 5.82 Å². The Bertz CT molecular complexity index is 1220. The second kappa shape index (κ2) is 10.0. The van der Waals surface area contributed by atoms with Crippen molar-refractivity contribution in [1.29, 1.82) is 0 Å². The highest BCUT2D eigenvalue weighted by Gasteiger charge is 2.29. The number of amides is 2. The minimum atomic E-state index is -0.104. The van der Waals surface area contributed by atoms with Gasteiger partial charge in [0.1, 0.15) is 5.52 Å². The molecule has 35 heavy (non-hydrogen) atoms. The number of para-hydroxylation sites is 1. The summed E-state index contributed by atoms with van der Waals surface area (Å²) in [5.41, 5.74) is 3.71. The highest BCUT2D eigenvalue weighted by atomic mass is 16.2. The summed E-state index contributed by atoms with van der Waals surface area (Å²) in [6, 6.07) is 10.1. The van der Waals surface area contributed by atoms with Gasteiger partial charge in [-0.1, -0.05) is 18.2 Å². The van der Waals surface area contributed by atoms with E-state index in [2.05, 4.69) is 27.3 Å². The molecule has 3 aromatic rings. The summed E-state index contributed by atoms with van der Waals surface area (Å²) >= 11 is 0. The van der Waals surface area contributed by atoms with Gasteiger partial charge in [-0.3, -0.25) is 9.59 Å². The van der Waals surface area contributed by atoms with Crippen LogP contribution in [-0.2, 0) is 9.59 Å². The van der Waals surface area contributed by atoms with E-state index in [0.29, 0.717) is 19.5 Å². The van der Waals surface area contributed by atoms with Crippen molar-refractivity contribution in [2.75, 3.05) is 37.6 Å². The summed E-state index contributed by atoms with van der Waals surface area (Å²) in [5.74, 6) is 0.945. The maximum Gasteiger partial charge on any atom is 0.224 e.